The molecule has 0 aliphatic carbocycles. The Bertz CT molecular complexity index is 337. The summed E-state index contributed by atoms with van der Waals surface area (Å²) in [4.78, 5) is 0. The first kappa shape index (κ1) is 13.0. The molecule has 0 aliphatic heterocycles. The Morgan fingerprint density at radius 1 is 1.44 bits per heavy atom. The lowest BCUT2D eigenvalue weighted by Crippen LogP contribution is -2.25. The number of nitrogens with one attached hydrogen (secondary N) is 1. The predicted molar refractivity (Wildman–Crippen MR) is 67.8 cm³/mol. The van der Waals surface area contributed by atoms with Gasteiger partial charge in [-0.25, -0.2) is 0 Å². The van der Waals surface area contributed by atoms with E-state index >= 15 is 0 Å². The van der Waals surface area contributed by atoms with Crippen LogP contribution in [0.2, 0.25) is 0 Å². The van der Waals surface area contributed by atoms with Gasteiger partial charge < -0.3 is 15.8 Å². The summed E-state index contributed by atoms with van der Waals surface area (Å²) in [5.41, 5.74) is 8.26. The van der Waals surface area contributed by atoms with Crippen molar-refractivity contribution in [2.24, 2.45) is 5.73 Å². The first-order valence-corrected chi connectivity index (χ1v) is 5.65. The second kappa shape index (κ2) is 5.87. The van der Waals surface area contributed by atoms with Gasteiger partial charge in [0.1, 0.15) is 5.75 Å². The summed E-state index contributed by atoms with van der Waals surface area (Å²) in [5.74, 6) is 0.930. The molecule has 3 nitrogen and oxygen atoms in total. The number of hydrogen-bond donors (Lipinski definition) is 2. The van der Waals surface area contributed by atoms with Crippen LogP contribution in [0.15, 0.2) is 18.2 Å². The maximum atomic E-state index is 5.84. The highest BCUT2D eigenvalue weighted by molar-refractivity contribution is 5.37. The summed E-state index contributed by atoms with van der Waals surface area (Å²) >= 11 is 0. The molecule has 1 aromatic rings. The largest absolute Gasteiger partial charge is 0.496 e. The van der Waals surface area contributed by atoms with E-state index in [2.05, 4.69) is 24.4 Å². The fourth-order valence-electron chi connectivity index (χ4n) is 1.91. The molecule has 16 heavy (non-hydrogen) atoms. The molecule has 2 atom stereocenters. The molecular formula is C13H22N2O. The minimum absolute atomic E-state index is 0.194. The Morgan fingerprint density at radius 2 is 2.12 bits per heavy atom. The lowest BCUT2D eigenvalue weighted by Gasteiger charge is -2.19. The first-order chi connectivity index (χ1) is 7.58. The van der Waals surface area contributed by atoms with E-state index in [4.69, 9.17) is 10.5 Å². The van der Waals surface area contributed by atoms with Crippen molar-refractivity contribution >= 4 is 0 Å². The van der Waals surface area contributed by atoms with Crippen molar-refractivity contribution in [2.75, 3.05) is 14.2 Å². The van der Waals surface area contributed by atoms with Gasteiger partial charge in [-0.05, 0) is 44.5 Å². The highest BCUT2D eigenvalue weighted by Gasteiger charge is 2.12. The number of aryl methyl sites for hydroxylation is 1. The van der Waals surface area contributed by atoms with Crippen LogP contribution in [0.25, 0.3) is 0 Å². The Hall–Kier alpha value is -1.06. The van der Waals surface area contributed by atoms with Gasteiger partial charge in [0.25, 0.3) is 0 Å². The van der Waals surface area contributed by atoms with Gasteiger partial charge in [-0.3, -0.25) is 0 Å². The zero-order valence-electron chi connectivity index (χ0n) is 10.6. The van der Waals surface area contributed by atoms with Gasteiger partial charge in [0.05, 0.1) is 7.11 Å². The molecule has 90 valence electrons. The number of methoxy groups -OCH3 is 1. The monoisotopic (exact) mass is 222 g/mol. The number of hydrogen-bond acceptors (Lipinski definition) is 3. The SMILES string of the molecule is CNC(CC(C)N)c1ccc(OC)c(C)c1. The summed E-state index contributed by atoms with van der Waals surface area (Å²) in [5, 5.41) is 3.29. The minimum Gasteiger partial charge on any atom is -0.496 e. The first-order valence-electron chi connectivity index (χ1n) is 5.65. The molecular weight excluding hydrogens is 200 g/mol. The zero-order chi connectivity index (χ0) is 12.1. The third-order valence-corrected chi connectivity index (χ3v) is 2.78. The summed E-state index contributed by atoms with van der Waals surface area (Å²) < 4.78 is 5.25. The molecule has 0 fully saturated rings. The number of benzene rings is 1. The molecule has 0 bridgehead atoms. The molecule has 0 aliphatic rings. The van der Waals surface area contributed by atoms with Crippen molar-refractivity contribution in [3.63, 3.8) is 0 Å². The minimum atomic E-state index is 0.194. The molecule has 0 saturated heterocycles. The van der Waals surface area contributed by atoms with E-state index in [9.17, 15) is 0 Å². The fourth-order valence-corrected chi connectivity index (χ4v) is 1.91. The van der Waals surface area contributed by atoms with Gasteiger partial charge in [-0.15, -0.1) is 0 Å². The third-order valence-electron chi connectivity index (χ3n) is 2.78. The lowest BCUT2D eigenvalue weighted by molar-refractivity contribution is 0.411. The Labute approximate surface area is 98.0 Å². The van der Waals surface area contributed by atoms with E-state index < -0.39 is 0 Å². The van der Waals surface area contributed by atoms with E-state index in [0.717, 1.165) is 17.7 Å². The second-order valence-electron chi connectivity index (χ2n) is 4.28. The van der Waals surface area contributed by atoms with Gasteiger partial charge in [0.2, 0.25) is 0 Å². The molecule has 3 N–H and O–H groups in total. The van der Waals surface area contributed by atoms with Crippen molar-refractivity contribution in [1.82, 2.24) is 5.32 Å². The van der Waals surface area contributed by atoms with E-state index in [1.807, 2.05) is 20.0 Å². The fraction of sp³-hybridized carbons (Fsp3) is 0.538. The standard InChI is InChI=1S/C13H22N2O/c1-9-7-11(5-6-13(9)16-4)12(15-3)8-10(2)14/h5-7,10,12,15H,8,14H2,1-4H3. The predicted octanol–water partition coefficient (Wildman–Crippen LogP) is 2.00. The van der Waals surface area contributed by atoms with E-state index in [1.165, 1.54) is 5.56 Å². The molecule has 1 rings (SSSR count). The van der Waals surface area contributed by atoms with Crippen molar-refractivity contribution in [2.45, 2.75) is 32.4 Å². The summed E-state index contributed by atoms with van der Waals surface area (Å²) in [7, 11) is 3.66. The molecule has 3 heteroatoms. The van der Waals surface area contributed by atoms with Crippen LogP contribution in [0.4, 0.5) is 0 Å². The molecule has 0 heterocycles. The molecule has 1 aromatic carbocycles. The van der Waals surface area contributed by atoms with Gasteiger partial charge >= 0.3 is 0 Å². The Balaban J connectivity index is 2.89. The zero-order valence-corrected chi connectivity index (χ0v) is 10.6. The van der Waals surface area contributed by atoms with Crippen LogP contribution in [0, 0.1) is 6.92 Å². The highest BCUT2D eigenvalue weighted by atomic mass is 16.5. The average molecular weight is 222 g/mol. The van der Waals surface area contributed by atoms with Crippen LogP contribution < -0.4 is 15.8 Å². The maximum Gasteiger partial charge on any atom is 0.121 e. The Morgan fingerprint density at radius 3 is 2.56 bits per heavy atom. The van der Waals surface area contributed by atoms with Crippen LogP contribution in [-0.4, -0.2) is 20.2 Å². The topological polar surface area (TPSA) is 47.3 Å². The summed E-state index contributed by atoms with van der Waals surface area (Å²) in [6.07, 6.45) is 0.933. The van der Waals surface area contributed by atoms with Crippen molar-refractivity contribution < 1.29 is 4.74 Å². The van der Waals surface area contributed by atoms with E-state index in [-0.39, 0.29) is 6.04 Å². The van der Waals surface area contributed by atoms with Crippen molar-refractivity contribution in [3.8, 4) is 5.75 Å². The van der Waals surface area contributed by atoms with Crippen molar-refractivity contribution in [1.29, 1.82) is 0 Å². The quantitative estimate of drug-likeness (QED) is 0.801. The number of ether oxygens (including phenoxy) is 1. The molecule has 2 unspecified atom stereocenters. The van der Waals surface area contributed by atoms with Gasteiger partial charge in [-0.2, -0.15) is 0 Å². The van der Waals surface area contributed by atoms with Crippen LogP contribution in [0.1, 0.15) is 30.5 Å². The smallest absolute Gasteiger partial charge is 0.121 e. The van der Waals surface area contributed by atoms with E-state index in [0.29, 0.717) is 6.04 Å². The molecule has 0 amide bonds. The molecule has 0 saturated carbocycles. The Kier molecular flexibility index (Phi) is 4.77. The van der Waals surface area contributed by atoms with Gasteiger partial charge in [-0.1, -0.05) is 12.1 Å². The third kappa shape index (κ3) is 3.22. The number of rotatable bonds is 5. The van der Waals surface area contributed by atoms with Crippen LogP contribution >= 0.6 is 0 Å². The molecule has 0 spiro atoms. The maximum absolute atomic E-state index is 5.84. The van der Waals surface area contributed by atoms with Crippen LogP contribution in [0.5, 0.6) is 5.75 Å². The van der Waals surface area contributed by atoms with Gasteiger partial charge in [0.15, 0.2) is 0 Å². The van der Waals surface area contributed by atoms with Crippen molar-refractivity contribution in [3.05, 3.63) is 29.3 Å². The molecule has 0 radical (unpaired) electrons. The normalized spacial score (nSPS) is 14.6. The van der Waals surface area contributed by atoms with Crippen LogP contribution in [0.3, 0.4) is 0 Å². The summed E-state index contributed by atoms with van der Waals surface area (Å²) in [6, 6.07) is 6.76. The number of nitrogens with two attached hydrogens (primary N) is 1. The average Bonchev–Trinajstić information content (AvgIpc) is 2.25. The van der Waals surface area contributed by atoms with Crippen LogP contribution in [-0.2, 0) is 0 Å². The molecule has 0 aromatic heterocycles. The highest BCUT2D eigenvalue weighted by Crippen LogP contribution is 2.24. The lowest BCUT2D eigenvalue weighted by atomic mass is 9.98. The second-order valence-corrected chi connectivity index (χ2v) is 4.28. The van der Waals surface area contributed by atoms with E-state index in [1.54, 1.807) is 7.11 Å². The summed E-state index contributed by atoms with van der Waals surface area (Å²) in [6.45, 7) is 4.08. The van der Waals surface area contributed by atoms with Gasteiger partial charge in [0, 0.05) is 12.1 Å².